The van der Waals surface area contributed by atoms with Gasteiger partial charge in [-0.05, 0) is 43.2 Å². The maximum absolute atomic E-state index is 13.4. The topological polar surface area (TPSA) is 140 Å². The van der Waals surface area contributed by atoms with E-state index < -0.39 is 5.69 Å². The molecule has 0 aliphatic carbocycles. The molecule has 2 N–H and O–H groups in total. The first kappa shape index (κ1) is 24.0. The Morgan fingerprint density at radius 2 is 1.82 bits per heavy atom. The normalized spacial score (nSPS) is 14.3. The molecule has 0 spiro atoms. The Hall–Kier alpha value is -5.10. The van der Waals surface area contributed by atoms with Crippen LogP contribution >= 0.6 is 0 Å². The summed E-state index contributed by atoms with van der Waals surface area (Å²) >= 11 is 0. The predicted octanol–water partition coefficient (Wildman–Crippen LogP) is 2.59. The second-order valence-electron chi connectivity index (χ2n) is 9.81. The van der Waals surface area contributed by atoms with Crippen molar-refractivity contribution in [3.63, 3.8) is 0 Å². The van der Waals surface area contributed by atoms with Gasteiger partial charge in [0.2, 0.25) is 0 Å². The molecule has 1 aliphatic rings. The number of nitrogens with zero attached hydrogens (tertiary/aromatic N) is 8. The highest BCUT2D eigenvalue weighted by atomic mass is 16.5. The first-order valence-electron chi connectivity index (χ1n) is 12.9. The second-order valence-corrected chi connectivity index (χ2v) is 9.81. The fourth-order valence-electron chi connectivity index (χ4n) is 5.54. The van der Waals surface area contributed by atoms with Crippen LogP contribution in [0.1, 0.15) is 18.9 Å². The van der Waals surface area contributed by atoms with Gasteiger partial charge in [-0.2, -0.15) is 5.10 Å². The third kappa shape index (κ3) is 3.64. The Bertz CT molecular complexity index is 2030. The van der Waals surface area contributed by atoms with Crippen LogP contribution in [0, 0.1) is 0 Å². The van der Waals surface area contributed by atoms with Gasteiger partial charge in [0.1, 0.15) is 11.8 Å². The molecule has 0 radical (unpaired) electrons. The maximum atomic E-state index is 13.4. The van der Waals surface area contributed by atoms with Crippen molar-refractivity contribution in [3.8, 4) is 28.2 Å². The summed E-state index contributed by atoms with van der Waals surface area (Å²) in [7, 11) is 1.66. The Morgan fingerprint density at radius 3 is 2.67 bits per heavy atom. The molecular formula is C28H25N9O3. The lowest BCUT2D eigenvalue weighted by Gasteiger charge is -2.23. The smallest absolute Gasteiger partial charge is 0.335 e. The van der Waals surface area contributed by atoms with Crippen molar-refractivity contribution in [1.82, 2.24) is 38.7 Å². The summed E-state index contributed by atoms with van der Waals surface area (Å²) in [6, 6.07) is 16.4. The van der Waals surface area contributed by atoms with E-state index in [0.29, 0.717) is 46.8 Å². The number of hydrogen-bond donors (Lipinski definition) is 1. The highest BCUT2D eigenvalue weighted by molar-refractivity contribution is 5.91. The molecule has 12 heteroatoms. The quantitative estimate of drug-likeness (QED) is 0.363. The molecule has 4 aromatic heterocycles. The summed E-state index contributed by atoms with van der Waals surface area (Å²) in [6.07, 6.45) is 4.78. The lowest BCUT2D eigenvalue weighted by atomic mass is 10.1. The van der Waals surface area contributed by atoms with Crippen molar-refractivity contribution < 1.29 is 4.74 Å². The predicted molar refractivity (Wildman–Crippen MR) is 149 cm³/mol. The van der Waals surface area contributed by atoms with Gasteiger partial charge in [0.25, 0.3) is 5.56 Å². The first-order chi connectivity index (χ1) is 19.5. The van der Waals surface area contributed by atoms with E-state index in [2.05, 4.69) is 20.4 Å². The number of hydrogen-bond acceptors (Lipinski definition) is 8. The van der Waals surface area contributed by atoms with E-state index in [9.17, 15) is 9.59 Å². The van der Waals surface area contributed by atoms with E-state index in [1.165, 1.54) is 15.5 Å². The van der Waals surface area contributed by atoms with Gasteiger partial charge in [-0.25, -0.2) is 23.5 Å². The zero-order valence-electron chi connectivity index (χ0n) is 21.6. The van der Waals surface area contributed by atoms with Crippen molar-refractivity contribution in [2.75, 3.05) is 18.9 Å². The molecule has 0 atom stereocenters. The van der Waals surface area contributed by atoms with E-state index >= 15 is 0 Å². The van der Waals surface area contributed by atoms with Crippen LogP contribution in [-0.2, 0) is 11.8 Å². The number of aromatic nitrogens is 8. The van der Waals surface area contributed by atoms with Crippen LogP contribution < -0.4 is 17.0 Å². The van der Waals surface area contributed by atoms with E-state index in [1.807, 2.05) is 22.9 Å². The number of para-hydroxylation sites is 1. The minimum absolute atomic E-state index is 0.148. The van der Waals surface area contributed by atoms with Crippen molar-refractivity contribution >= 4 is 22.2 Å². The average molecular weight is 536 g/mol. The van der Waals surface area contributed by atoms with Crippen molar-refractivity contribution in [3.05, 3.63) is 88.0 Å². The van der Waals surface area contributed by atoms with Crippen LogP contribution in [0.4, 0.5) is 5.82 Å². The van der Waals surface area contributed by atoms with Gasteiger partial charge >= 0.3 is 5.69 Å². The molecule has 0 saturated carbocycles. The molecule has 12 nitrogen and oxygen atoms in total. The van der Waals surface area contributed by atoms with Crippen molar-refractivity contribution in [1.29, 1.82) is 0 Å². The fraction of sp³-hybridized carbons (Fsp3) is 0.214. The first-order valence-corrected chi connectivity index (χ1v) is 12.9. The van der Waals surface area contributed by atoms with Gasteiger partial charge in [0.15, 0.2) is 5.82 Å². The summed E-state index contributed by atoms with van der Waals surface area (Å²) in [5, 5.41) is 13.6. The van der Waals surface area contributed by atoms with Crippen LogP contribution in [0.15, 0.2) is 76.7 Å². The van der Waals surface area contributed by atoms with E-state index in [1.54, 1.807) is 54.2 Å². The van der Waals surface area contributed by atoms with Gasteiger partial charge in [-0.3, -0.25) is 9.36 Å². The number of aryl methyl sites for hydroxylation is 1. The van der Waals surface area contributed by atoms with E-state index in [0.717, 1.165) is 29.7 Å². The minimum Gasteiger partial charge on any atom is -0.382 e. The highest BCUT2D eigenvalue weighted by Crippen LogP contribution is 2.36. The molecular weight excluding hydrogens is 510 g/mol. The van der Waals surface area contributed by atoms with Crippen LogP contribution in [0.25, 0.3) is 44.6 Å². The number of anilines is 1. The molecule has 0 bridgehead atoms. The lowest BCUT2D eigenvalue weighted by molar-refractivity contribution is 0.0662. The molecule has 1 aliphatic heterocycles. The minimum atomic E-state index is -0.431. The Labute approximate surface area is 226 Å². The monoisotopic (exact) mass is 535 g/mol. The van der Waals surface area contributed by atoms with Crippen LogP contribution in [0.5, 0.6) is 0 Å². The van der Waals surface area contributed by atoms with Gasteiger partial charge < -0.3 is 10.5 Å². The molecule has 0 amide bonds. The molecule has 1 fully saturated rings. The molecule has 6 aromatic rings. The van der Waals surface area contributed by atoms with Crippen LogP contribution in [0.2, 0.25) is 0 Å². The Balaban J connectivity index is 1.42. The zero-order chi connectivity index (χ0) is 27.4. The molecule has 5 heterocycles. The Morgan fingerprint density at radius 1 is 1.00 bits per heavy atom. The van der Waals surface area contributed by atoms with Gasteiger partial charge in [-0.1, -0.05) is 29.5 Å². The van der Waals surface area contributed by atoms with E-state index in [4.69, 9.17) is 10.5 Å². The third-order valence-electron chi connectivity index (χ3n) is 7.55. The lowest BCUT2D eigenvalue weighted by Crippen LogP contribution is -2.37. The maximum Gasteiger partial charge on any atom is 0.335 e. The average Bonchev–Trinajstić information content (AvgIpc) is 3.63. The fourth-order valence-corrected chi connectivity index (χ4v) is 5.54. The molecule has 2 aromatic carbocycles. The number of ether oxygens (including phenoxy) is 1. The SMILES string of the molecule is Cn1c(=O)n(-c2cccc(-c3cc(-c4cnnn4C4CCOCC4)c4c(N)ncnn34)c2)c(=O)c2ccccc21. The number of benzene rings is 2. The zero-order valence-corrected chi connectivity index (χ0v) is 21.6. The molecule has 40 heavy (non-hydrogen) atoms. The van der Waals surface area contributed by atoms with Gasteiger partial charge in [0, 0.05) is 31.4 Å². The number of fused-ring (bicyclic) bond motifs is 2. The second kappa shape index (κ2) is 9.27. The van der Waals surface area contributed by atoms with Gasteiger partial charge in [-0.15, -0.1) is 5.10 Å². The molecule has 7 rings (SSSR count). The number of rotatable bonds is 4. The van der Waals surface area contributed by atoms with Gasteiger partial charge in [0.05, 0.1) is 40.2 Å². The number of nitrogens with two attached hydrogens (primary N) is 1. The summed E-state index contributed by atoms with van der Waals surface area (Å²) in [4.78, 5) is 31.0. The largest absolute Gasteiger partial charge is 0.382 e. The van der Waals surface area contributed by atoms with Crippen molar-refractivity contribution in [2.45, 2.75) is 18.9 Å². The molecule has 1 saturated heterocycles. The Kier molecular flexibility index (Phi) is 5.56. The summed E-state index contributed by atoms with van der Waals surface area (Å²) in [5.74, 6) is 0.312. The summed E-state index contributed by atoms with van der Waals surface area (Å²) in [6.45, 7) is 1.33. The summed E-state index contributed by atoms with van der Waals surface area (Å²) < 4.78 is 11.8. The molecule has 200 valence electrons. The number of nitrogen functional groups attached to an aromatic ring is 1. The van der Waals surface area contributed by atoms with Crippen molar-refractivity contribution in [2.24, 2.45) is 7.05 Å². The van der Waals surface area contributed by atoms with Crippen LogP contribution in [-0.4, -0.2) is 51.9 Å². The standard InChI is InChI=1S/C28H25N9O3/c1-34-22-8-3-2-7-20(22)27(38)35(28(34)39)19-6-4-5-17(13-19)23-14-21(25-26(29)30-16-32-37(23)25)24-15-31-33-36(24)18-9-11-40-12-10-18/h2-8,13-16,18H,9-12H2,1H3,(H2,29,30,32). The van der Waals surface area contributed by atoms with Crippen LogP contribution in [0.3, 0.4) is 0 Å². The van der Waals surface area contributed by atoms with E-state index in [-0.39, 0.29) is 11.6 Å². The highest BCUT2D eigenvalue weighted by Gasteiger charge is 2.24. The molecule has 0 unspecified atom stereocenters. The third-order valence-corrected chi connectivity index (χ3v) is 7.55. The summed E-state index contributed by atoms with van der Waals surface area (Å²) in [5.41, 5.74) is 10.3.